The van der Waals surface area contributed by atoms with Crippen molar-refractivity contribution in [2.75, 3.05) is 7.11 Å². The van der Waals surface area contributed by atoms with Crippen LogP contribution in [0.5, 0.6) is 5.75 Å². The standard InChI is InChI=1S/C12H18FNO2/c1-3-4-10(15)12(14)8-5-6-11(16-2)9(13)7-8/h5-7,10,12,15H,3-4,14H2,1-2H3/t10-,12+/m1/s1. The van der Waals surface area contributed by atoms with Gasteiger partial charge in [0.2, 0.25) is 0 Å². The fourth-order valence-electron chi connectivity index (χ4n) is 1.59. The van der Waals surface area contributed by atoms with E-state index < -0.39 is 18.0 Å². The minimum Gasteiger partial charge on any atom is -0.494 e. The highest BCUT2D eigenvalue weighted by Crippen LogP contribution is 2.23. The van der Waals surface area contributed by atoms with Crippen molar-refractivity contribution in [3.63, 3.8) is 0 Å². The normalized spacial score (nSPS) is 14.6. The molecule has 3 nitrogen and oxygen atoms in total. The number of halogens is 1. The van der Waals surface area contributed by atoms with Gasteiger partial charge >= 0.3 is 0 Å². The van der Waals surface area contributed by atoms with Gasteiger partial charge in [-0.3, -0.25) is 0 Å². The molecule has 90 valence electrons. The van der Waals surface area contributed by atoms with Gasteiger partial charge < -0.3 is 15.6 Å². The average molecular weight is 227 g/mol. The summed E-state index contributed by atoms with van der Waals surface area (Å²) < 4.78 is 18.2. The van der Waals surface area contributed by atoms with Crippen molar-refractivity contribution in [2.45, 2.75) is 31.9 Å². The van der Waals surface area contributed by atoms with Crippen molar-refractivity contribution in [2.24, 2.45) is 5.73 Å². The number of hydrogen-bond donors (Lipinski definition) is 2. The quantitative estimate of drug-likeness (QED) is 0.808. The lowest BCUT2D eigenvalue weighted by molar-refractivity contribution is 0.134. The maximum Gasteiger partial charge on any atom is 0.165 e. The van der Waals surface area contributed by atoms with Gasteiger partial charge in [0.15, 0.2) is 11.6 Å². The monoisotopic (exact) mass is 227 g/mol. The lowest BCUT2D eigenvalue weighted by Crippen LogP contribution is -2.26. The molecule has 0 saturated carbocycles. The van der Waals surface area contributed by atoms with Crippen LogP contribution in [0, 0.1) is 5.82 Å². The summed E-state index contributed by atoms with van der Waals surface area (Å²) in [4.78, 5) is 0. The number of aliphatic hydroxyl groups excluding tert-OH is 1. The van der Waals surface area contributed by atoms with Crippen LogP contribution in [0.4, 0.5) is 4.39 Å². The summed E-state index contributed by atoms with van der Waals surface area (Å²) >= 11 is 0. The molecule has 0 unspecified atom stereocenters. The molecule has 2 atom stereocenters. The third-order valence-electron chi connectivity index (χ3n) is 2.56. The van der Waals surface area contributed by atoms with E-state index in [4.69, 9.17) is 10.5 Å². The SMILES string of the molecule is CCC[C@@H](O)[C@@H](N)c1ccc(OC)c(F)c1. The number of nitrogens with two attached hydrogens (primary N) is 1. The molecule has 0 aliphatic rings. The van der Waals surface area contributed by atoms with Gasteiger partial charge in [-0.2, -0.15) is 0 Å². The minimum atomic E-state index is -0.641. The third-order valence-corrected chi connectivity index (χ3v) is 2.56. The number of hydrogen-bond acceptors (Lipinski definition) is 3. The van der Waals surface area contributed by atoms with E-state index in [0.717, 1.165) is 6.42 Å². The highest BCUT2D eigenvalue weighted by molar-refractivity contribution is 5.31. The first-order valence-electron chi connectivity index (χ1n) is 5.37. The van der Waals surface area contributed by atoms with Crippen LogP contribution in [-0.2, 0) is 0 Å². The van der Waals surface area contributed by atoms with Crippen molar-refractivity contribution < 1.29 is 14.2 Å². The zero-order chi connectivity index (χ0) is 12.1. The summed E-state index contributed by atoms with van der Waals surface area (Å²) in [5, 5.41) is 9.71. The molecule has 0 bridgehead atoms. The predicted octanol–water partition coefficient (Wildman–Crippen LogP) is 2.00. The Balaban J connectivity index is 2.84. The summed E-state index contributed by atoms with van der Waals surface area (Å²) in [6.45, 7) is 1.96. The molecular weight excluding hydrogens is 209 g/mol. The first-order valence-corrected chi connectivity index (χ1v) is 5.37. The Hall–Kier alpha value is -1.13. The molecule has 0 amide bonds. The van der Waals surface area contributed by atoms with Gasteiger partial charge in [0.1, 0.15) is 0 Å². The van der Waals surface area contributed by atoms with Crippen LogP contribution in [0.1, 0.15) is 31.4 Å². The van der Waals surface area contributed by atoms with Gasteiger partial charge in [-0.15, -0.1) is 0 Å². The number of aliphatic hydroxyl groups is 1. The Morgan fingerprint density at radius 2 is 2.19 bits per heavy atom. The Kier molecular flexibility index (Phi) is 4.71. The zero-order valence-corrected chi connectivity index (χ0v) is 9.61. The van der Waals surface area contributed by atoms with Gasteiger partial charge in [-0.05, 0) is 24.1 Å². The van der Waals surface area contributed by atoms with Gasteiger partial charge in [0.05, 0.1) is 19.3 Å². The van der Waals surface area contributed by atoms with Crippen LogP contribution in [0.25, 0.3) is 0 Å². The predicted molar refractivity (Wildman–Crippen MR) is 60.8 cm³/mol. The first-order chi connectivity index (χ1) is 7.60. The first kappa shape index (κ1) is 12.9. The Labute approximate surface area is 95.0 Å². The lowest BCUT2D eigenvalue weighted by Gasteiger charge is -2.19. The maximum atomic E-state index is 13.4. The van der Waals surface area contributed by atoms with Gasteiger partial charge in [-0.25, -0.2) is 4.39 Å². The molecule has 1 rings (SSSR count). The van der Waals surface area contributed by atoms with Crippen LogP contribution in [-0.4, -0.2) is 18.3 Å². The summed E-state index contributed by atoms with van der Waals surface area (Å²) in [6.07, 6.45) is 0.806. The molecule has 0 aliphatic carbocycles. The fourth-order valence-corrected chi connectivity index (χ4v) is 1.59. The maximum absolute atomic E-state index is 13.4. The van der Waals surface area contributed by atoms with E-state index in [1.807, 2.05) is 6.92 Å². The van der Waals surface area contributed by atoms with E-state index in [9.17, 15) is 9.50 Å². The van der Waals surface area contributed by atoms with E-state index in [-0.39, 0.29) is 5.75 Å². The third kappa shape index (κ3) is 2.93. The Bertz CT molecular complexity index is 344. The molecule has 16 heavy (non-hydrogen) atoms. The van der Waals surface area contributed by atoms with Crippen LogP contribution in [0.2, 0.25) is 0 Å². The van der Waals surface area contributed by atoms with Gasteiger partial charge in [0.25, 0.3) is 0 Å². The molecule has 1 aromatic carbocycles. The largest absolute Gasteiger partial charge is 0.494 e. The van der Waals surface area contributed by atoms with E-state index in [1.54, 1.807) is 6.07 Å². The van der Waals surface area contributed by atoms with E-state index in [0.29, 0.717) is 12.0 Å². The van der Waals surface area contributed by atoms with Crippen molar-refractivity contribution in [3.05, 3.63) is 29.6 Å². The smallest absolute Gasteiger partial charge is 0.165 e. The van der Waals surface area contributed by atoms with E-state index >= 15 is 0 Å². The lowest BCUT2D eigenvalue weighted by atomic mass is 9.99. The van der Waals surface area contributed by atoms with E-state index in [1.165, 1.54) is 19.2 Å². The second-order valence-corrected chi connectivity index (χ2v) is 3.78. The molecule has 0 fully saturated rings. The second-order valence-electron chi connectivity index (χ2n) is 3.78. The van der Waals surface area contributed by atoms with Crippen molar-refractivity contribution >= 4 is 0 Å². The Morgan fingerprint density at radius 1 is 1.50 bits per heavy atom. The molecule has 3 N–H and O–H groups in total. The van der Waals surface area contributed by atoms with Crippen LogP contribution >= 0.6 is 0 Å². The highest BCUT2D eigenvalue weighted by Gasteiger charge is 2.17. The summed E-state index contributed by atoms with van der Waals surface area (Å²) in [5.41, 5.74) is 6.41. The Morgan fingerprint density at radius 3 is 2.69 bits per heavy atom. The molecular formula is C12H18FNO2. The van der Waals surface area contributed by atoms with Crippen molar-refractivity contribution in [1.82, 2.24) is 0 Å². The van der Waals surface area contributed by atoms with Crippen LogP contribution in [0.3, 0.4) is 0 Å². The van der Waals surface area contributed by atoms with Crippen molar-refractivity contribution in [1.29, 1.82) is 0 Å². The van der Waals surface area contributed by atoms with Gasteiger partial charge in [0, 0.05) is 0 Å². The van der Waals surface area contributed by atoms with Crippen molar-refractivity contribution in [3.8, 4) is 5.75 Å². The van der Waals surface area contributed by atoms with E-state index in [2.05, 4.69) is 0 Å². The topological polar surface area (TPSA) is 55.5 Å². The molecule has 0 spiro atoms. The number of benzene rings is 1. The molecule has 1 aromatic rings. The number of methoxy groups -OCH3 is 1. The van der Waals surface area contributed by atoms with Crippen LogP contribution in [0.15, 0.2) is 18.2 Å². The molecule has 4 heteroatoms. The molecule has 0 saturated heterocycles. The minimum absolute atomic E-state index is 0.181. The zero-order valence-electron chi connectivity index (χ0n) is 9.61. The average Bonchev–Trinajstić information content (AvgIpc) is 2.28. The van der Waals surface area contributed by atoms with Crippen LogP contribution < -0.4 is 10.5 Å². The number of rotatable bonds is 5. The molecule has 0 aromatic heterocycles. The highest BCUT2D eigenvalue weighted by atomic mass is 19.1. The molecule has 0 aliphatic heterocycles. The second kappa shape index (κ2) is 5.82. The summed E-state index contributed by atoms with van der Waals surface area (Å²) in [5.74, 6) is -0.278. The molecule has 0 radical (unpaired) electrons. The fraction of sp³-hybridized carbons (Fsp3) is 0.500. The molecule has 0 heterocycles. The summed E-state index contributed by atoms with van der Waals surface area (Å²) in [7, 11) is 1.41. The number of ether oxygens (including phenoxy) is 1. The summed E-state index contributed by atoms with van der Waals surface area (Å²) in [6, 6.07) is 3.94. The van der Waals surface area contributed by atoms with Gasteiger partial charge in [-0.1, -0.05) is 19.4 Å².